The fraction of sp³-hybridized carbons (Fsp3) is 0.0476. The van der Waals surface area contributed by atoms with Gasteiger partial charge in [-0.3, -0.25) is 0 Å². The molecule has 0 unspecified atom stereocenters. The Morgan fingerprint density at radius 1 is 1.08 bits per heavy atom. The first kappa shape index (κ1) is 24.6. The molecule has 2 N–H and O–H groups in total. The van der Waals surface area contributed by atoms with Crippen molar-refractivity contribution >= 4 is 21.6 Å². The lowest BCUT2D eigenvalue weighted by atomic mass is 10.0. The Kier molecular flexibility index (Phi) is 5.85. The van der Waals surface area contributed by atoms with Crippen molar-refractivity contribution in [1.29, 1.82) is 0 Å². The largest absolute Gasteiger partial charge is 0.434 e. The van der Waals surface area contributed by atoms with Crippen molar-refractivity contribution < 1.29 is 34.9 Å². The van der Waals surface area contributed by atoms with Gasteiger partial charge >= 0.3 is 6.18 Å². The summed E-state index contributed by atoms with van der Waals surface area (Å²) in [5.74, 6) is -1.69. The first-order chi connectivity index (χ1) is 17.5. The summed E-state index contributed by atoms with van der Waals surface area (Å²) >= 11 is 6.15. The zero-order valence-electron chi connectivity index (χ0n) is 17.9. The standard InChI is InChI=1S/C21H11ClF4N6O4S/c22-13-5-2-6-14(23)15(13)17-16(20-30-28-9-35-20)18(36-31-17)12-8-29-32(19(12)21(24,25)26)10-3-1-4-11(7-10)37(27,33)34/h1-9H,(H2,27,33,34). The topological polar surface area (TPSA) is 143 Å². The molecule has 0 atom stereocenters. The number of aromatic nitrogens is 5. The summed E-state index contributed by atoms with van der Waals surface area (Å²) in [5, 5.41) is 19.8. The van der Waals surface area contributed by atoms with Crippen LogP contribution < -0.4 is 5.14 Å². The van der Waals surface area contributed by atoms with E-state index in [9.17, 15) is 26.0 Å². The Labute approximate surface area is 209 Å². The fourth-order valence-electron chi connectivity index (χ4n) is 3.62. The molecule has 0 fully saturated rings. The highest BCUT2D eigenvalue weighted by Crippen LogP contribution is 2.46. The molecule has 37 heavy (non-hydrogen) atoms. The predicted octanol–water partition coefficient (Wildman–Crippen LogP) is 4.70. The van der Waals surface area contributed by atoms with Gasteiger partial charge in [0.15, 0.2) is 11.5 Å². The van der Waals surface area contributed by atoms with Crippen LogP contribution in [-0.4, -0.2) is 33.6 Å². The predicted molar refractivity (Wildman–Crippen MR) is 119 cm³/mol. The van der Waals surface area contributed by atoms with Crippen LogP contribution in [0.5, 0.6) is 0 Å². The smallest absolute Gasteiger partial charge is 0.423 e. The second kappa shape index (κ2) is 8.79. The molecular formula is C21H11ClF4N6O4S. The highest BCUT2D eigenvalue weighted by Gasteiger charge is 2.42. The first-order valence-electron chi connectivity index (χ1n) is 9.96. The molecule has 2 aromatic carbocycles. The van der Waals surface area contributed by atoms with Gasteiger partial charge in [-0.1, -0.05) is 28.9 Å². The van der Waals surface area contributed by atoms with Gasteiger partial charge in [0.25, 0.3) is 5.89 Å². The molecule has 10 nitrogen and oxygen atoms in total. The molecule has 3 heterocycles. The van der Waals surface area contributed by atoms with Crippen LogP contribution in [-0.2, 0) is 16.2 Å². The van der Waals surface area contributed by atoms with Gasteiger partial charge in [-0.2, -0.15) is 18.3 Å². The van der Waals surface area contributed by atoms with Crippen LogP contribution in [0.4, 0.5) is 17.6 Å². The third-order valence-corrected chi connectivity index (χ3v) is 6.36. The molecule has 0 radical (unpaired) electrons. The number of alkyl halides is 3. The summed E-state index contributed by atoms with van der Waals surface area (Å²) in [6.45, 7) is 0. The Balaban J connectivity index is 1.79. The van der Waals surface area contributed by atoms with Crippen LogP contribution in [0, 0.1) is 5.82 Å². The zero-order valence-corrected chi connectivity index (χ0v) is 19.5. The molecule has 0 amide bonds. The van der Waals surface area contributed by atoms with Gasteiger partial charge in [0, 0.05) is 0 Å². The molecule has 3 aromatic heterocycles. The molecular weight excluding hydrogens is 544 g/mol. The molecule has 5 rings (SSSR count). The maximum absolute atomic E-state index is 14.7. The third kappa shape index (κ3) is 4.36. The number of sulfonamides is 1. The van der Waals surface area contributed by atoms with E-state index in [0.29, 0.717) is 4.68 Å². The number of primary sulfonamides is 1. The van der Waals surface area contributed by atoms with Crippen molar-refractivity contribution in [2.75, 3.05) is 0 Å². The van der Waals surface area contributed by atoms with E-state index in [-0.39, 0.29) is 33.4 Å². The third-order valence-electron chi connectivity index (χ3n) is 5.14. The van der Waals surface area contributed by atoms with Crippen molar-refractivity contribution in [3.63, 3.8) is 0 Å². The number of nitrogens with zero attached hydrogens (tertiary/aromatic N) is 5. The Hall–Kier alpha value is -4.08. The van der Waals surface area contributed by atoms with Crippen LogP contribution in [0.2, 0.25) is 5.02 Å². The molecule has 0 saturated carbocycles. The van der Waals surface area contributed by atoms with E-state index in [2.05, 4.69) is 20.5 Å². The average Bonchev–Trinajstić information content (AvgIpc) is 3.57. The van der Waals surface area contributed by atoms with Crippen molar-refractivity contribution in [1.82, 2.24) is 25.1 Å². The molecule has 0 saturated heterocycles. The monoisotopic (exact) mass is 554 g/mol. The average molecular weight is 555 g/mol. The van der Waals surface area contributed by atoms with Gasteiger partial charge in [0.2, 0.25) is 16.4 Å². The molecule has 0 spiro atoms. The number of hydrogen-bond acceptors (Lipinski definition) is 8. The lowest BCUT2D eigenvalue weighted by Gasteiger charge is -2.13. The molecule has 5 aromatic rings. The Morgan fingerprint density at radius 2 is 1.84 bits per heavy atom. The second-order valence-electron chi connectivity index (χ2n) is 7.43. The van der Waals surface area contributed by atoms with E-state index in [1.807, 2.05) is 0 Å². The van der Waals surface area contributed by atoms with E-state index in [4.69, 9.17) is 25.7 Å². The van der Waals surface area contributed by atoms with Gasteiger partial charge < -0.3 is 8.94 Å². The molecule has 0 bridgehead atoms. The number of halogens is 5. The second-order valence-corrected chi connectivity index (χ2v) is 9.40. The van der Waals surface area contributed by atoms with Crippen molar-refractivity contribution in [2.45, 2.75) is 11.1 Å². The van der Waals surface area contributed by atoms with Gasteiger partial charge in [-0.25, -0.2) is 22.6 Å². The summed E-state index contributed by atoms with van der Waals surface area (Å²) < 4.78 is 92.2. The first-order valence-corrected chi connectivity index (χ1v) is 11.9. The number of nitrogens with two attached hydrogens (primary N) is 1. The number of hydrogen-bond donors (Lipinski definition) is 1. The highest BCUT2D eigenvalue weighted by atomic mass is 35.5. The molecule has 16 heteroatoms. The Bertz CT molecular complexity index is 1710. The minimum atomic E-state index is -5.04. The van der Waals surface area contributed by atoms with Crippen LogP contribution in [0.15, 0.2) is 68.9 Å². The SMILES string of the molecule is NS(=O)(=O)c1cccc(-n2ncc(-c3onc(-c4c(F)cccc4Cl)c3-c3nnco3)c2C(F)(F)F)c1. The highest BCUT2D eigenvalue weighted by molar-refractivity contribution is 7.89. The fourth-order valence-corrected chi connectivity index (χ4v) is 4.43. The van der Waals surface area contributed by atoms with Crippen LogP contribution in [0.3, 0.4) is 0 Å². The summed E-state index contributed by atoms with van der Waals surface area (Å²) in [4.78, 5) is -0.433. The van der Waals surface area contributed by atoms with E-state index in [1.54, 1.807) is 0 Å². The quantitative estimate of drug-likeness (QED) is 0.308. The van der Waals surface area contributed by atoms with E-state index < -0.39 is 43.9 Å². The van der Waals surface area contributed by atoms with Gasteiger partial charge in [0.05, 0.1) is 32.9 Å². The van der Waals surface area contributed by atoms with Crippen LogP contribution >= 0.6 is 11.6 Å². The van der Waals surface area contributed by atoms with Gasteiger partial charge in [-0.05, 0) is 30.3 Å². The molecule has 0 aliphatic rings. The van der Waals surface area contributed by atoms with Crippen molar-refractivity contribution in [3.8, 4) is 39.7 Å². The van der Waals surface area contributed by atoms with E-state index >= 15 is 0 Å². The number of benzene rings is 2. The van der Waals surface area contributed by atoms with Gasteiger partial charge in [-0.15, -0.1) is 10.2 Å². The normalized spacial score (nSPS) is 12.3. The minimum Gasteiger partial charge on any atom is -0.423 e. The van der Waals surface area contributed by atoms with Crippen molar-refractivity contribution in [2.24, 2.45) is 5.14 Å². The summed E-state index contributed by atoms with van der Waals surface area (Å²) in [7, 11) is -4.23. The Morgan fingerprint density at radius 3 is 2.49 bits per heavy atom. The van der Waals surface area contributed by atoms with Crippen LogP contribution in [0.25, 0.3) is 39.7 Å². The molecule has 190 valence electrons. The molecule has 0 aliphatic carbocycles. The minimum absolute atomic E-state index is 0.104. The number of rotatable bonds is 5. The summed E-state index contributed by atoms with van der Waals surface area (Å²) in [5.41, 5.74) is -3.09. The van der Waals surface area contributed by atoms with Gasteiger partial charge in [0.1, 0.15) is 17.1 Å². The maximum atomic E-state index is 14.7. The van der Waals surface area contributed by atoms with E-state index in [0.717, 1.165) is 30.8 Å². The lowest BCUT2D eigenvalue weighted by molar-refractivity contribution is -0.142. The lowest BCUT2D eigenvalue weighted by Crippen LogP contribution is -2.16. The zero-order chi connectivity index (χ0) is 26.5. The van der Waals surface area contributed by atoms with E-state index in [1.165, 1.54) is 24.3 Å². The summed E-state index contributed by atoms with van der Waals surface area (Å²) in [6.07, 6.45) is -3.32. The molecule has 0 aliphatic heterocycles. The maximum Gasteiger partial charge on any atom is 0.434 e. The van der Waals surface area contributed by atoms with Crippen molar-refractivity contribution in [3.05, 3.63) is 71.6 Å². The summed E-state index contributed by atoms with van der Waals surface area (Å²) in [6, 6.07) is 8.19. The van der Waals surface area contributed by atoms with Crippen LogP contribution in [0.1, 0.15) is 5.69 Å².